The number of likely N-dealkylation sites (tertiary alicyclic amines) is 1. The van der Waals surface area contributed by atoms with E-state index in [4.69, 9.17) is 4.42 Å². The van der Waals surface area contributed by atoms with E-state index in [1.165, 1.54) is 17.2 Å². The normalized spacial score (nSPS) is 21.8. The molecule has 1 aliphatic heterocycles. The Morgan fingerprint density at radius 2 is 1.95 bits per heavy atom. The summed E-state index contributed by atoms with van der Waals surface area (Å²) in [6.45, 7) is -0.0937. The summed E-state index contributed by atoms with van der Waals surface area (Å²) in [6, 6.07) is 5.66. The van der Waals surface area contributed by atoms with Crippen molar-refractivity contribution in [2.45, 2.75) is 12.1 Å². The Hall–Kier alpha value is -2.24. The van der Waals surface area contributed by atoms with Gasteiger partial charge >= 0.3 is 0 Å². The first-order valence-corrected chi connectivity index (χ1v) is 6.46. The summed E-state index contributed by atoms with van der Waals surface area (Å²) < 4.78 is 46.3. The average molecular weight is 295 g/mol. The van der Waals surface area contributed by atoms with E-state index in [1.54, 1.807) is 6.07 Å². The number of benzene rings is 1. The van der Waals surface area contributed by atoms with Gasteiger partial charge in [-0.15, -0.1) is 0 Å². The molecule has 0 unspecified atom stereocenters. The van der Waals surface area contributed by atoms with Gasteiger partial charge in [0.2, 0.25) is 0 Å². The van der Waals surface area contributed by atoms with E-state index in [9.17, 15) is 18.0 Å². The third-order valence-electron chi connectivity index (χ3n) is 3.62. The standard InChI is InChI=1S/C15H12F3NO2/c16-11-6-10(7-12(17)8-11)15(18)3-4-19(9-15)14(20)13-2-1-5-21-13/h1-2,5-8H,3-4,9H2/t15-/m0/s1. The molecule has 1 saturated heterocycles. The van der Waals surface area contributed by atoms with E-state index in [0.717, 1.165) is 12.1 Å². The number of furan rings is 1. The zero-order valence-corrected chi connectivity index (χ0v) is 11.0. The fourth-order valence-corrected chi connectivity index (χ4v) is 2.55. The van der Waals surface area contributed by atoms with Crippen molar-refractivity contribution in [2.24, 2.45) is 0 Å². The summed E-state index contributed by atoms with van der Waals surface area (Å²) in [6.07, 6.45) is 1.34. The third kappa shape index (κ3) is 2.53. The zero-order valence-electron chi connectivity index (χ0n) is 11.0. The second-order valence-electron chi connectivity index (χ2n) is 5.08. The predicted octanol–water partition coefficient (Wildman–Crippen LogP) is 3.27. The van der Waals surface area contributed by atoms with Crippen LogP contribution in [0.5, 0.6) is 0 Å². The monoisotopic (exact) mass is 295 g/mol. The Kier molecular flexibility index (Phi) is 3.23. The van der Waals surface area contributed by atoms with Gasteiger partial charge in [-0.25, -0.2) is 13.2 Å². The molecule has 3 nitrogen and oxygen atoms in total. The number of hydrogen-bond acceptors (Lipinski definition) is 2. The predicted molar refractivity (Wildman–Crippen MR) is 68.4 cm³/mol. The molecule has 0 aliphatic carbocycles. The molecular weight excluding hydrogens is 283 g/mol. The lowest BCUT2D eigenvalue weighted by atomic mass is 9.95. The summed E-state index contributed by atoms with van der Waals surface area (Å²) in [7, 11) is 0. The average Bonchev–Trinajstić information content (AvgIpc) is 3.07. The van der Waals surface area contributed by atoms with Crippen molar-refractivity contribution in [3.63, 3.8) is 0 Å². The van der Waals surface area contributed by atoms with Gasteiger partial charge in [0.05, 0.1) is 12.8 Å². The first-order valence-electron chi connectivity index (χ1n) is 6.46. The maximum Gasteiger partial charge on any atom is 0.289 e. The number of alkyl halides is 1. The van der Waals surface area contributed by atoms with Crippen LogP contribution in [0.25, 0.3) is 0 Å². The Balaban J connectivity index is 1.83. The topological polar surface area (TPSA) is 33.5 Å². The molecule has 0 radical (unpaired) electrons. The van der Waals surface area contributed by atoms with E-state index in [0.29, 0.717) is 6.07 Å². The van der Waals surface area contributed by atoms with Gasteiger partial charge in [-0.3, -0.25) is 4.79 Å². The quantitative estimate of drug-likeness (QED) is 0.852. The molecule has 21 heavy (non-hydrogen) atoms. The lowest BCUT2D eigenvalue weighted by Gasteiger charge is -2.21. The molecule has 0 saturated carbocycles. The molecule has 2 aromatic rings. The van der Waals surface area contributed by atoms with E-state index in [2.05, 4.69) is 0 Å². The maximum absolute atomic E-state index is 14.9. The Morgan fingerprint density at radius 1 is 1.24 bits per heavy atom. The van der Waals surface area contributed by atoms with Crippen LogP contribution >= 0.6 is 0 Å². The minimum absolute atomic E-state index is 0.0116. The summed E-state index contributed by atoms with van der Waals surface area (Å²) in [5.41, 5.74) is -2.04. The van der Waals surface area contributed by atoms with Crippen LogP contribution in [0.3, 0.4) is 0 Å². The Morgan fingerprint density at radius 3 is 2.57 bits per heavy atom. The van der Waals surface area contributed by atoms with Crippen molar-refractivity contribution < 1.29 is 22.4 Å². The van der Waals surface area contributed by atoms with Gasteiger partial charge in [-0.05, 0) is 29.8 Å². The van der Waals surface area contributed by atoms with Crippen LogP contribution in [-0.4, -0.2) is 23.9 Å². The highest BCUT2D eigenvalue weighted by Crippen LogP contribution is 2.37. The van der Waals surface area contributed by atoms with Crippen molar-refractivity contribution in [2.75, 3.05) is 13.1 Å². The SMILES string of the molecule is O=C(c1ccco1)N1CC[C@@](F)(c2cc(F)cc(F)c2)C1. The highest BCUT2D eigenvalue weighted by atomic mass is 19.1. The molecule has 0 bridgehead atoms. The van der Waals surface area contributed by atoms with Crippen LogP contribution in [0.4, 0.5) is 13.2 Å². The number of halogens is 3. The minimum Gasteiger partial charge on any atom is -0.459 e. The van der Waals surface area contributed by atoms with Gasteiger partial charge in [-0.2, -0.15) is 0 Å². The van der Waals surface area contributed by atoms with Crippen molar-refractivity contribution in [3.8, 4) is 0 Å². The molecule has 2 heterocycles. The fourth-order valence-electron chi connectivity index (χ4n) is 2.55. The molecule has 6 heteroatoms. The van der Waals surface area contributed by atoms with Crippen LogP contribution in [0.2, 0.25) is 0 Å². The van der Waals surface area contributed by atoms with E-state index in [-0.39, 0.29) is 30.8 Å². The van der Waals surface area contributed by atoms with E-state index >= 15 is 0 Å². The molecular formula is C15H12F3NO2. The minimum atomic E-state index is -1.95. The first kappa shape index (κ1) is 13.7. The molecule has 3 rings (SSSR count). The number of amides is 1. The molecule has 0 N–H and O–H groups in total. The van der Waals surface area contributed by atoms with Gasteiger partial charge in [0.1, 0.15) is 11.6 Å². The van der Waals surface area contributed by atoms with Crippen molar-refractivity contribution in [1.29, 1.82) is 0 Å². The van der Waals surface area contributed by atoms with Crippen LogP contribution in [-0.2, 0) is 5.67 Å². The van der Waals surface area contributed by atoms with Gasteiger partial charge in [0.15, 0.2) is 11.4 Å². The number of carbonyl (C=O) groups is 1. The zero-order chi connectivity index (χ0) is 15.0. The lowest BCUT2D eigenvalue weighted by Crippen LogP contribution is -2.32. The van der Waals surface area contributed by atoms with E-state index in [1.807, 2.05) is 0 Å². The van der Waals surface area contributed by atoms with Gasteiger partial charge in [0, 0.05) is 19.0 Å². The third-order valence-corrected chi connectivity index (χ3v) is 3.62. The number of nitrogens with zero attached hydrogens (tertiary/aromatic N) is 1. The van der Waals surface area contributed by atoms with Gasteiger partial charge in [0.25, 0.3) is 5.91 Å². The summed E-state index contributed by atoms with van der Waals surface area (Å²) >= 11 is 0. The number of carbonyl (C=O) groups excluding carboxylic acids is 1. The molecule has 110 valence electrons. The summed E-state index contributed by atoms with van der Waals surface area (Å²) in [5.74, 6) is -1.99. The molecule has 0 spiro atoms. The van der Waals surface area contributed by atoms with Gasteiger partial charge in [-0.1, -0.05) is 0 Å². The molecule has 1 aromatic heterocycles. The number of rotatable bonds is 2. The Bertz CT molecular complexity index is 651. The van der Waals surface area contributed by atoms with Crippen LogP contribution in [0.15, 0.2) is 41.0 Å². The highest BCUT2D eigenvalue weighted by Gasteiger charge is 2.42. The molecule has 1 fully saturated rings. The van der Waals surface area contributed by atoms with E-state index < -0.39 is 23.2 Å². The molecule has 1 aromatic carbocycles. The van der Waals surface area contributed by atoms with Crippen molar-refractivity contribution >= 4 is 5.91 Å². The maximum atomic E-state index is 14.9. The molecule has 1 amide bonds. The number of hydrogen-bond donors (Lipinski definition) is 0. The smallest absolute Gasteiger partial charge is 0.289 e. The van der Waals surface area contributed by atoms with Crippen LogP contribution in [0, 0.1) is 11.6 Å². The summed E-state index contributed by atoms with van der Waals surface area (Å²) in [5, 5.41) is 0. The molecule has 1 aliphatic rings. The highest BCUT2D eigenvalue weighted by molar-refractivity contribution is 5.91. The lowest BCUT2D eigenvalue weighted by molar-refractivity contribution is 0.0719. The van der Waals surface area contributed by atoms with Crippen molar-refractivity contribution in [3.05, 3.63) is 59.6 Å². The van der Waals surface area contributed by atoms with Crippen LogP contribution in [0.1, 0.15) is 22.5 Å². The second kappa shape index (κ2) is 4.95. The fraction of sp³-hybridized carbons (Fsp3) is 0.267. The largest absolute Gasteiger partial charge is 0.459 e. The Labute approximate surface area is 119 Å². The van der Waals surface area contributed by atoms with Crippen LogP contribution < -0.4 is 0 Å². The van der Waals surface area contributed by atoms with Crippen molar-refractivity contribution in [1.82, 2.24) is 4.90 Å². The summed E-state index contributed by atoms with van der Waals surface area (Å²) in [4.78, 5) is 13.4. The van der Waals surface area contributed by atoms with Gasteiger partial charge < -0.3 is 9.32 Å². The first-order chi connectivity index (χ1) is 9.98. The molecule has 1 atom stereocenters. The second-order valence-corrected chi connectivity index (χ2v) is 5.08.